The van der Waals surface area contributed by atoms with Gasteiger partial charge in [-0.25, -0.2) is 8.42 Å². The molecule has 15 heavy (non-hydrogen) atoms. The SMILES string of the molecule is CCC(Cc1ccccc1)CS(=O)(=O)[O-]. The highest BCUT2D eigenvalue weighted by atomic mass is 32.2. The van der Waals surface area contributed by atoms with Gasteiger partial charge in [0.1, 0.15) is 0 Å². The number of rotatable bonds is 5. The molecule has 0 radical (unpaired) electrons. The largest absolute Gasteiger partial charge is 0.748 e. The third-order valence-electron chi connectivity index (χ3n) is 2.38. The molecule has 0 spiro atoms. The molecule has 0 aromatic heterocycles. The van der Waals surface area contributed by atoms with Gasteiger partial charge in [-0.2, -0.15) is 0 Å². The van der Waals surface area contributed by atoms with Crippen LogP contribution in [0.5, 0.6) is 0 Å². The van der Waals surface area contributed by atoms with Gasteiger partial charge in [0.05, 0.1) is 10.1 Å². The van der Waals surface area contributed by atoms with Crippen LogP contribution in [0.3, 0.4) is 0 Å². The molecule has 0 N–H and O–H groups in total. The molecule has 84 valence electrons. The van der Waals surface area contributed by atoms with Gasteiger partial charge in [-0.15, -0.1) is 0 Å². The second-order valence-electron chi connectivity index (χ2n) is 3.69. The van der Waals surface area contributed by atoms with Gasteiger partial charge in [0.2, 0.25) is 0 Å². The zero-order chi connectivity index (χ0) is 11.3. The fourth-order valence-corrected chi connectivity index (χ4v) is 2.49. The fourth-order valence-electron chi connectivity index (χ4n) is 1.56. The Balaban J connectivity index is 2.63. The van der Waals surface area contributed by atoms with Crippen molar-refractivity contribution < 1.29 is 13.0 Å². The number of hydrogen-bond acceptors (Lipinski definition) is 3. The molecule has 0 amide bonds. The summed E-state index contributed by atoms with van der Waals surface area (Å²) in [4.78, 5) is 0. The highest BCUT2D eigenvalue weighted by Gasteiger charge is 2.10. The molecule has 0 aliphatic rings. The molecule has 1 atom stereocenters. The van der Waals surface area contributed by atoms with E-state index in [1.54, 1.807) is 0 Å². The van der Waals surface area contributed by atoms with E-state index in [4.69, 9.17) is 0 Å². The monoisotopic (exact) mass is 227 g/mol. The number of hydrogen-bond donors (Lipinski definition) is 0. The molecule has 4 heteroatoms. The lowest BCUT2D eigenvalue weighted by Crippen LogP contribution is -2.17. The van der Waals surface area contributed by atoms with Gasteiger partial charge in [0, 0.05) is 5.75 Å². The van der Waals surface area contributed by atoms with E-state index >= 15 is 0 Å². The molecule has 3 nitrogen and oxygen atoms in total. The summed E-state index contributed by atoms with van der Waals surface area (Å²) in [5.74, 6) is -0.340. The van der Waals surface area contributed by atoms with E-state index in [2.05, 4.69) is 0 Å². The van der Waals surface area contributed by atoms with Crippen molar-refractivity contribution in [1.29, 1.82) is 0 Å². The van der Waals surface area contributed by atoms with Crippen LogP contribution in [-0.4, -0.2) is 18.7 Å². The van der Waals surface area contributed by atoms with Gasteiger partial charge < -0.3 is 4.55 Å². The minimum absolute atomic E-state index is 0.0742. The van der Waals surface area contributed by atoms with Gasteiger partial charge in [0.25, 0.3) is 0 Å². The minimum atomic E-state index is -4.11. The van der Waals surface area contributed by atoms with Gasteiger partial charge in [0.15, 0.2) is 0 Å². The first-order chi connectivity index (χ1) is 7.01. The lowest BCUT2D eigenvalue weighted by Gasteiger charge is -2.16. The third-order valence-corrected chi connectivity index (χ3v) is 3.26. The third kappa shape index (κ3) is 4.95. The van der Waals surface area contributed by atoms with Crippen molar-refractivity contribution in [1.82, 2.24) is 0 Å². The maximum absolute atomic E-state index is 10.6. The highest BCUT2D eigenvalue weighted by molar-refractivity contribution is 7.85. The summed E-state index contributed by atoms with van der Waals surface area (Å²) >= 11 is 0. The van der Waals surface area contributed by atoms with E-state index in [0.717, 1.165) is 5.56 Å². The Labute approximate surface area is 90.9 Å². The first-order valence-corrected chi connectivity index (χ1v) is 6.56. The summed E-state index contributed by atoms with van der Waals surface area (Å²) in [5.41, 5.74) is 1.08. The maximum atomic E-state index is 10.6. The van der Waals surface area contributed by atoms with E-state index < -0.39 is 10.1 Å². The normalized spacial score (nSPS) is 13.7. The highest BCUT2D eigenvalue weighted by Crippen LogP contribution is 2.13. The van der Waals surface area contributed by atoms with E-state index in [9.17, 15) is 13.0 Å². The Hall–Kier alpha value is -0.870. The standard InChI is InChI=1S/C11H16O3S/c1-2-10(9-15(12,13)14)8-11-6-4-3-5-7-11/h3-7,10H,2,8-9H2,1H3,(H,12,13,14)/p-1. The first-order valence-electron chi connectivity index (χ1n) is 4.98. The molecule has 1 rings (SSSR count). The van der Waals surface area contributed by atoms with Crippen molar-refractivity contribution in [3.05, 3.63) is 35.9 Å². The van der Waals surface area contributed by atoms with Crippen LogP contribution in [0.25, 0.3) is 0 Å². The van der Waals surface area contributed by atoms with Crippen molar-refractivity contribution >= 4 is 10.1 Å². The Morgan fingerprint density at radius 2 is 1.87 bits per heavy atom. The molecule has 0 bridgehead atoms. The number of benzene rings is 1. The molecule has 0 fully saturated rings. The topological polar surface area (TPSA) is 57.2 Å². The van der Waals surface area contributed by atoms with Crippen LogP contribution in [0.1, 0.15) is 18.9 Å². The molecule has 1 unspecified atom stereocenters. The van der Waals surface area contributed by atoms with E-state index in [0.29, 0.717) is 12.8 Å². The predicted octanol–water partition coefficient (Wildman–Crippen LogP) is 1.80. The quantitative estimate of drug-likeness (QED) is 0.721. The Bertz CT molecular complexity index is 384. The predicted molar refractivity (Wildman–Crippen MR) is 58.5 cm³/mol. The van der Waals surface area contributed by atoms with Crippen LogP contribution in [-0.2, 0) is 16.5 Å². The fraction of sp³-hybridized carbons (Fsp3) is 0.455. The van der Waals surface area contributed by atoms with Crippen LogP contribution in [0.15, 0.2) is 30.3 Å². The van der Waals surface area contributed by atoms with Crippen molar-refractivity contribution in [2.45, 2.75) is 19.8 Å². The summed E-state index contributed by atoms with van der Waals surface area (Å²) in [6.07, 6.45) is 1.36. The molecule has 0 heterocycles. The Morgan fingerprint density at radius 1 is 1.27 bits per heavy atom. The Morgan fingerprint density at radius 3 is 2.33 bits per heavy atom. The van der Waals surface area contributed by atoms with Crippen molar-refractivity contribution in [3.8, 4) is 0 Å². The molecule has 0 aliphatic carbocycles. The molecule has 1 aromatic carbocycles. The molecular formula is C11H15O3S-. The van der Waals surface area contributed by atoms with Crippen molar-refractivity contribution in [2.24, 2.45) is 5.92 Å². The van der Waals surface area contributed by atoms with Crippen LogP contribution < -0.4 is 0 Å². The molecule has 0 saturated heterocycles. The lowest BCUT2D eigenvalue weighted by atomic mass is 9.99. The maximum Gasteiger partial charge on any atom is 0.0948 e. The average molecular weight is 227 g/mol. The van der Waals surface area contributed by atoms with Gasteiger partial charge >= 0.3 is 0 Å². The summed E-state index contributed by atoms with van der Waals surface area (Å²) in [6, 6.07) is 9.62. The summed E-state index contributed by atoms with van der Waals surface area (Å²) in [6.45, 7) is 1.90. The van der Waals surface area contributed by atoms with E-state index in [-0.39, 0.29) is 11.7 Å². The first kappa shape index (κ1) is 12.2. The summed E-state index contributed by atoms with van der Waals surface area (Å²) < 4.78 is 31.9. The zero-order valence-electron chi connectivity index (χ0n) is 8.72. The smallest absolute Gasteiger partial charge is 0.0948 e. The van der Waals surface area contributed by atoms with Crippen LogP contribution in [0.4, 0.5) is 0 Å². The Kier molecular flexibility index (Phi) is 4.29. The molecule has 0 aliphatic heterocycles. The lowest BCUT2D eigenvalue weighted by molar-refractivity contribution is 0.442. The van der Waals surface area contributed by atoms with Crippen LogP contribution >= 0.6 is 0 Å². The van der Waals surface area contributed by atoms with Gasteiger partial charge in [-0.3, -0.25) is 0 Å². The van der Waals surface area contributed by atoms with E-state index in [1.807, 2.05) is 37.3 Å². The molecule has 1 aromatic rings. The summed E-state index contributed by atoms with van der Waals surface area (Å²) in [5, 5.41) is 0. The van der Waals surface area contributed by atoms with E-state index in [1.165, 1.54) is 0 Å². The van der Waals surface area contributed by atoms with Crippen LogP contribution in [0.2, 0.25) is 0 Å². The summed E-state index contributed by atoms with van der Waals surface area (Å²) in [7, 11) is -4.11. The minimum Gasteiger partial charge on any atom is -0.748 e. The van der Waals surface area contributed by atoms with Crippen molar-refractivity contribution in [3.63, 3.8) is 0 Å². The molecule has 0 saturated carbocycles. The van der Waals surface area contributed by atoms with Crippen molar-refractivity contribution in [2.75, 3.05) is 5.75 Å². The average Bonchev–Trinajstić information content (AvgIpc) is 2.16. The molecular weight excluding hydrogens is 212 g/mol. The van der Waals surface area contributed by atoms with Gasteiger partial charge in [-0.1, -0.05) is 43.7 Å². The second-order valence-corrected chi connectivity index (χ2v) is 5.14. The van der Waals surface area contributed by atoms with Gasteiger partial charge in [-0.05, 0) is 17.9 Å². The zero-order valence-corrected chi connectivity index (χ0v) is 9.53. The van der Waals surface area contributed by atoms with Crippen LogP contribution in [0, 0.1) is 5.92 Å². The second kappa shape index (κ2) is 5.28.